The van der Waals surface area contributed by atoms with Gasteiger partial charge >= 0.3 is 6.03 Å². The van der Waals surface area contributed by atoms with Crippen LogP contribution in [0.25, 0.3) is 0 Å². The molecule has 3 atom stereocenters. The van der Waals surface area contributed by atoms with Crippen molar-refractivity contribution >= 4 is 23.1 Å². The molecular formula is C39H47N5O6. The number of nitrogens with one attached hydrogen (secondary N) is 2. The Morgan fingerprint density at radius 3 is 2.18 bits per heavy atom. The van der Waals surface area contributed by atoms with E-state index < -0.39 is 6.29 Å². The average Bonchev–Trinajstić information content (AvgIpc) is 3.11. The number of nitro groups is 1. The van der Waals surface area contributed by atoms with Crippen LogP contribution in [0.15, 0.2) is 72.8 Å². The summed E-state index contributed by atoms with van der Waals surface area (Å²) in [4.78, 5) is 28.7. The minimum Gasteiger partial charge on any atom is -0.392 e. The van der Waals surface area contributed by atoms with E-state index in [1.54, 1.807) is 12.1 Å². The highest BCUT2D eigenvalue weighted by molar-refractivity contribution is 5.90. The molecule has 2 aliphatic heterocycles. The number of carbonyl (C=O) groups excluding carboxylic acids is 1. The topological polar surface area (TPSA) is 129 Å². The van der Waals surface area contributed by atoms with Gasteiger partial charge in [-0.3, -0.25) is 15.0 Å². The lowest BCUT2D eigenvalue weighted by Crippen LogP contribution is -2.60. The molecule has 0 radical (unpaired) electrons. The summed E-state index contributed by atoms with van der Waals surface area (Å²) in [6.07, 6.45) is 7.06. The van der Waals surface area contributed by atoms with Crippen LogP contribution in [0, 0.1) is 27.9 Å². The molecule has 9 rings (SSSR count). The normalized spacial score (nSPS) is 30.6. The van der Waals surface area contributed by atoms with Gasteiger partial charge in [0.2, 0.25) is 0 Å². The van der Waals surface area contributed by atoms with E-state index in [1.807, 2.05) is 60.7 Å². The molecule has 11 heteroatoms. The zero-order chi connectivity index (χ0) is 34.2. The van der Waals surface area contributed by atoms with Gasteiger partial charge in [0.15, 0.2) is 6.29 Å². The Morgan fingerprint density at radius 1 is 0.860 bits per heavy atom. The third-order valence-electron chi connectivity index (χ3n) is 11.7. The average molecular weight is 682 g/mol. The van der Waals surface area contributed by atoms with Crippen LogP contribution in [-0.4, -0.2) is 65.3 Å². The first kappa shape index (κ1) is 33.1. The predicted molar refractivity (Wildman–Crippen MR) is 190 cm³/mol. The Morgan fingerprint density at radius 2 is 1.54 bits per heavy atom. The maximum absolute atomic E-state index is 13.4. The minimum atomic E-state index is -0.620. The van der Waals surface area contributed by atoms with Crippen molar-refractivity contribution in [1.82, 2.24) is 10.2 Å². The largest absolute Gasteiger partial charge is 0.392 e. The summed E-state index contributed by atoms with van der Waals surface area (Å²) in [6.45, 7) is 4.05. The van der Waals surface area contributed by atoms with E-state index in [4.69, 9.17) is 9.47 Å². The summed E-state index contributed by atoms with van der Waals surface area (Å²) < 4.78 is 13.3. The number of aliphatic hydroxyl groups is 1. The van der Waals surface area contributed by atoms with E-state index in [0.29, 0.717) is 12.1 Å². The van der Waals surface area contributed by atoms with Gasteiger partial charge in [-0.1, -0.05) is 36.4 Å². The molecule has 3 aromatic carbocycles. The fourth-order valence-electron chi connectivity index (χ4n) is 9.72. The highest BCUT2D eigenvalue weighted by Gasteiger charge is 2.51. The van der Waals surface area contributed by atoms with E-state index in [-0.39, 0.29) is 41.0 Å². The fourth-order valence-corrected chi connectivity index (χ4v) is 9.72. The molecule has 6 fully saturated rings. The maximum atomic E-state index is 13.4. The van der Waals surface area contributed by atoms with Crippen LogP contribution in [0.4, 0.5) is 21.9 Å². The molecule has 2 heterocycles. The Bertz CT molecular complexity index is 1640. The number of anilines is 2. The van der Waals surface area contributed by atoms with Crippen molar-refractivity contribution in [3.8, 4) is 0 Å². The number of hydrogen-bond donors (Lipinski definition) is 3. The van der Waals surface area contributed by atoms with Gasteiger partial charge in [-0.2, -0.15) is 0 Å². The molecule has 4 bridgehead atoms. The van der Waals surface area contributed by atoms with Gasteiger partial charge in [0, 0.05) is 73.8 Å². The second-order valence-electron chi connectivity index (χ2n) is 15.3. The number of rotatable bonds is 9. The van der Waals surface area contributed by atoms with Crippen LogP contribution < -0.4 is 15.5 Å². The molecule has 50 heavy (non-hydrogen) atoms. The number of amides is 2. The number of nitrogens with zero attached hydrogens (tertiary/aromatic N) is 3. The maximum Gasteiger partial charge on any atom is 0.319 e. The van der Waals surface area contributed by atoms with Gasteiger partial charge in [-0.25, -0.2) is 4.79 Å². The van der Waals surface area contributed by atoms with Gasteiger partial charge in [0.25, 0.3) is 5.69 Å². The number of urea groups is 1. The van der Waals surface area contributed by atoms with Crippen molar-refractivity contribution in [2.45, 2.75) is 75.6 Å². The third-order valence-corrected chi connectivity index (χ3v) is 11.7. The van der Waals surface area contributed by atoms with E-state index in [2.05, 4.69) is 20.4 Å². The first-order valence-electron chi connectivity index (χ1n) is 18.2. The van der Waals surface area contributed by atoms with Crippen LogP contribution >= 0.6 is 0 Å². The molecule has 11 nitrogen and oxygen atoms in total. The smallest absolute Gasteiger partial charge is 0.319 e. The molecule has 2 saturated heterocycles. The fraction of sp³-hybridized carbons (Fsp3) is 0.513. The van der Waals surface area contributed by atoms with Crippen LogP contribution in [0.5, 0.6) is 0 Å². The van der Waals surface area contributed by atoms with Gasteiger partial charge in [0.05, 0.1) is 23.7 Å². The van der Waals surface area contributed by atoms with Crippen molar-refractivity contribution in [3.05, 3.63) is 99.6 Å². The summed E-state index contributed by atoms with van der Waals surface area (Å²) in [5.74, 6) is 2.26. The highest BCUT2D eigenvalue weighted by atomic mass is 16.7. The molecule has 3 unspecified atom stereocenters. The number of nitro benzene ring substituents is 1. The van der Waals surface area contributed by atoms with Crippen molar-refractivity contribution < 1.29 is 24.3 Å². The second kappa shape index (κ2) is 13.9. The van der Waals surface area contributed by atoms with E-state index >= 15 is 0 Å². The highest BCUT2D eigenvalue weighted by Crippen LogP contribution is 2.55. The first-order valence-corrected chi connectivity index (χ1v) is 18.2. The predicted octanol–water partition coefficient (Wildman–Crippen LogP) is 6.55. The molecule has 4 aliphatic carbocycles. The molecule has 4 saturated carbocycles. The number of aliphatic hydroxyl groups excluding tert-OH is 1. The molecular weight excluding hydrogens is 634 g/mol. The van der Waals surface area contributed by atoms with E-state index in [1.165, 1.54) is 19.3 Å². The lowest BCUT2D eigenvalue weighted by Gasteiger charge is -2.56. The van der Waals surface area contributed by atoms with Crippen molar-refractivity contribution in [2.75, 3.05) is 42.9 Å². The molecule has 3 aromatic rings. The van der Waals surface area contributed by atoms with Crippen LogP contribution in [0.3, 0.4) is 0 Å². The number of piperazine rings is 1. The lowest BCUT2D eigenvalue weighted by atomic mass is 9.53. The molecule has 264 valence electrons. The van der Waals surface area contributed by atoms with E-state index in [9.17, 15) is 20.0 Å². The summed E-state index contributed by atoms with van der Waals surface area (Å²) in [5, 5.41) is 27.2. The Kier molecular flexibility index (Phi) is 9.24. The number of carbonyl (C=O) groups is 1. The Labute approximate surface area is 293 Å². The Balaban J connectivity index is 0.935. The zero-order valence-electron chi connectivity index (χ0n) is 28.4. The van der Waals surface area contributed by atoms with Crippen LogP contribution in [-0.2, 0) is 16.1 Å². The number of benzene rings is 3. The number of non-ortho nitro benzene ring substituents is 1. The van der Waals surface area contributed by atoms with Gasteiger partial charge in [-0.15, -0.1) is 0 Å². The van der Waals surface area contributed by atoms with E-state index in [0.717, 1.165) is 92.1 Å². The molecule has 6 aliphatic rings. The van der Waals surface area contributed by atoms with Crippen molar-refractivity contribution in [1.29, 1.82) is 0 Å². The SMILES string of the molecule is O=C(Nc1cccc(C2OC(CN3CCN(c4ccc([N+](=O)[O-])cc4)CC3)CC(c3ccc(CO)cc3)O2)c1)NC12CC3CC(CC(C3)C1)C2. The first-order chi connectivity index (χ1) is 24.3. The molecule has 0 aromatic heterocycles. The molecule has 0 spiro atoms. The van der Waals surface area contributed by atoms with Gasteiger partial charge in [0.1, 0.15) is 0 Å². The minimum absolute atomic E-state index is 0.0117. The Hall–Kier alpha value is -4.03. The second-order valence-corrected chi connectivity index (χ2v) is 15.3. The third kappa shape index (κ3) is 7.23. The van der Waals surface area contributed by atoms with Crippen LogP contribution in [0.1, 0.15) is 74.0 Å². The summed E-state index contributed by atoms with van der Waals surface area (Å²) >= 11 is 0. The van der Waals surface area contributed by atoms with Gasteiger partial charge in [-0.05, 0) is 91.7 Å². The monoisotopic (exact) mass is 681 g/mol. The number of ether oxygens (including phenoxy) is 2. The molecule has 3 N–H and O–H groups in total. The van der Waals surface area contributed by atoms with Gasteiger partial charge < -0.3 is 30.1 Å². The number of hydrogen-bond acceptors (Lipinski definition) is 8. The summed E-state index contributed by atoms with van der Waals surface area (Å²) in [6, 6.07) is 22.3. The quantitative estimate of drug-likeness (QED) is 0.172. The summed E-state index contributed by atoms with van der Waals surface area (Å²) in [7, 11) is 0. The van der Waals surface area contributed by atoms with Crippen LogP contribution in [0.2, 0.25) is 0 Å². The summed E-state index contributed by atoms with van der Waals surface area (Å²) in [5.41, 5.74) is 4.47. The molecule has 2 amide bonds. The van der Waals surface area contributed by atoms with Crippen molar-refractivity contribution in [2.24, 2.45) is 17.8 Å². The zero-order valence-corrected chi connectivity index (χ0v) is 28.4. The lowest BCUT2D eigenvalue weighted by molar-refractivity contribution is -0.384. The van der Waals surface area contributed by atoms with Crippen molar-refractivity contribution in [3.63, 3.8) is 0 Å². The standard InChI is InChI=1S/C39H47N5O6/c45-25-26-4-6-30(7-5-26)36-20-35(24-42-12-14-43(15-13-42)33-8-10-34(11-9-33)44(47)48)49-37(50-36)31-2-1-3-32(19-31)40-38(46)41-39-21-27-16-28(22-39)18-29(17-27)23-39/h1-11,19,27-29,35-37,45H,12-18,20-25H2,(H2,40,41,46).